The molecule has 2 N–H and O–H groups in total. The zero-order valence-corrected chi connectivity index (χ0v) is 10.1. The lowest BCUT2D eigenvalue weighted by Gasteiger charge is -2.12. The Balaban J connectivity index is 2.68. The number of rotatable bonds is 5. The molecule has 1 aromatic rings. The van der Waals surface area contributed by atoms with Gasteiger partial charge in [-0.05, 0) is 12.0 Å². The number of hydrogen-bond acceptors (Lipinski definition) is 4. The monoisotopic (exact) mass is 264 g/mol. The Hall–Kier alpha value is -1.66. The first-order chi connectivity index (χ1) is 8.28. The lowest BCUT2D eigenvalue weighted by molar-refractivity contribution is -0.154. The highest BCUT2D eigenvalue weighted by Crippen LogP contribution is 2.24. The van der Waals surface area contributed by atoms with Crippen molar-refractivity contribution >= 4 is 5.69 Å². The minimum absolute atomic E-state index is 0.0865. The summed E-state index contributed by atoms with van der Waals surface area (Å²) >= 11 is 0. The summed E-state index contributed by atoms with van der Waals surface area (Å²) < 4.78 is 45.7. The van der Waals surface area contributed by atoms with E-state index in [1.807, 2.05) is 13.8 Å². The Labute approximate surface area is 103 Å². The van der Waals surface area contributed by atoms with Gasteiger partial charge < -0.3 is 15.2 Å². The molecule has 0 unspecified atom stereocenters. The van der Waals surface area contributed by atoms with Crippen LogP contribution in [0.15, 0.2) is 12.1 Å². The molecule has 1 rings (SSSR count). The molecule has 1 heterocycles. The smallest absolute Gasteiger partial charge is 0.422 e. The normalized spacial score (nSPS) is 11.7. The van der Waals surface area contributed by atoms with Crippen LogP contribution < -0.4 is 15.2 Å². The molecule has 0 saturated heterocycles. The summed E-state index contributed by atoms with van der Waals surface area (Å²) in [5.41, 5.74) is 5.85. The minimum atomic E-state index is -4.40. The second kappa shape index (κ2) is 5.79. The first-order valence-electron chi connectivity index (χ1n) is 5.37. The molecule has 7 heteroatoms. The quantitative estimate of drug-likeness (QED) is 0.888. The van der Waals surface area contributed by atoms with Gasteiger partial charge in [-0.15, -0.1) is 0 Å². The van der Waals surface area contributed by atoms with Crippen molar-refractivity contribution in [1.29, 1.82) is 0 Å². The van der Waals surface area contributed by atoms with Crippen LogP contribution in [-0.2, 0) is 0 Å². The van der Waals surface area contributed by atoms with Gasteiger partial charge >= 0.3 is 6.18 Å². The van der Waals surface area contributed by atoms with Gasteiger partial charge in [-0.1, -0.05) is 13.8 Å². The molecular weight excluding hydrogens is 249 g/mol. The molecule has 0 bridgehead atoms. The fourth-order valence-electron chi connectivity index (χ4n) is 1.03. The summed E-state index contributed by atoms with van der Waals surface area (Å²) in [6.07, 6.45) is -4.40. The van der Waals surface area contributed by atoms with E-state index in [0.717, 1.165) is 0 Å². The highest BCUT2D eigenvalue weighted by molar-refractivity contribution is 5.49. The number of anilines is 1. The Bertz CT molecular complexity index is 394. The molecule has 0 aliphatic heterocycles. The Morgan fingerprint density at radius 1 is 1.28 bits per heavy atom. The molecule has 0 aliphatic carbocycles. The van der Waals surface area contributed by atoms with E-state index in [4.69, 9.17) is 10.5 Å². The molecule has 0 spiro atoms. The average Bonchev–Trinajstić information content (AvgIpc) is 2.25. The zero-order chi connectivity index (χ0) is 13.8. The summed E-state index contributed by atoms with van der Waals surface area (Å²) in [4.78, 5) is 3.78. The zero-order valence-electron chi connectivity index (χ0n) is 10.1. The molecule has 0 saturated carbocycles. The van der Waals surface area contributed by atoms with Crippen LogP contribution in [-0.4, -0.2) is 24.4 Å². The molecule has 0 aromatic carbocycles. The second-order valence-electron chi connectivity index (χ2n) is 4.15. The van der Waals surface area contributed by atoms with E-state index in [-0.39, 0.29) is 23.4 Å². The summed E-state index contributed by atoms with van der Waals surface area (Å²) in [5.74, 6) is 0.176. The highest BCUT2D eigenvalue weighted by atomic mass is 19.4. The van der Waals surface area contributed by atoms with E-state index >= 15 is 0 Å². The van der Waals surface area contributed by atoms with E-state index in [0.29, 0.717) is 6.61 Å². The second-order valence-corrected chi connectivity index (χ2v) is 4.15. The maximum atomic E-state index is 12.0. The molecule has 0 amide bonds. The number of ether oxygens (including phenoxy) is 2. The summed E-state index contributed by atoms with van der Waals surface area (Å²) in [5, 5.41) is 0. The Morgan fingerprint density at radius 2 is 1.94 bits per heavy atom. The van der Waals surface area contributed by atoms with Gasteiger partial charge in [-0.2, -0.15) is 18.2 Å². The van der Waals surface area contributed by atoms with E-state index in [1.54, 1.807) is 0 Å². The molecule has 4 nitrogen and oxygen atoms in total. The SMILES string of the molecule is CC(C)COc1nc(OCC(F)(F)F)ccc1N. The van der Waals surface area contributed by atoms with Gasteiger partial charge in [0.05, 0.1) is 12.3 Å². The summed E-state index contributed by atoms with van der Waals surface area (Å²) in [6.45, 7) is 2.84. The number of alkyl halides is 3. The largest absolute Gasteiger partial charge is 0.476 e. The van der Waals surface area contributed by atoms with Gasteiger partial charge in [-0.25, -0.2) is 0 Å². The van der Waals surface area contributed by atoms with Crippen LogP contribution in [0.1, 0.15) is 13.8 Å². The average molecular weight is 264 g/mol. The van der Waals surface area contributed by atoms with Crippen LogP contribution in [0, 0.1) is 5.92 Å². The lowest BCUT2D eigenvalue weighted by Crippen LogP contribution is -2.19. The third-order valence-corrected chi connectivity index (χ3v) is 1.80. The topological polar surface area (TPSA) is 57.4 Å². The number of pyridine rings is 1. The van der Waals surface area contributed by atoms with Crippen LogP contribution in [0.3, 0.4) is 0 Å². The number of nitrogen functional groups attached to an aromatic ring is 1. The number of nitrogens with zero attached hydrogens (tertiary/aromatic N) is 1. The molecule has 1 aromatic heterocycles. The van der Waals surface area contributed by atoms with E-state index < -0.39 is 12.8 Å². The van der Waals surface area contributed by atoms with Crippen LogP contribution in [0.5, 0.6) is 11.8 Å². The minimum Gasteiger partial charge on any atom is -0.476 e. The van der Waals surface area contributed by atoms with E-state index in [9.17, 15) is 13.2 Å². The van der Waals surface area contributed by atoms with Gasteiger partial charge in [-0.3, -0.25) is 0 Å². The molecule has 0 radical (unpaired) electrons. The summed E-state index contributed by atoms with van der Waals surface area (Å²) in [7, 11) is 0. The van der Waals surface area contributed by atoms with Gasteiger partial charge in [0.15, 0.2) is 6.61 Å². The third-order valence-electron chi connectivity index (χ3n) is 1.80. The van der Waals surface area contributed by atoms with Crippen molar-refractivity contribution in [1.82, 2.24) is 4.98 Å². The van der Waals surface area contributed by atoms with Crippen molar-refractivity contribution in [3.63, 3.8) is 0 Å². The molecule has 0 aliphatic rings. The predicted octanol–water partition coefficient (Wildman–Crippen LogP) is 2.64. The first-order valence-corrected chi connectivity index (χ1v) is 5.37. The fourth-order valence-corrected chi connectivity index (χ4v) is 1.03. The first kappa shape index (κ1) is 14.4. The maximum Gasteiger partial charge on any atom is 0.422 e. The standard InChI is InChI=1S/C11H15F3N2O2/c1-7(2)5-17-10-8(15)3-4-9(16-10)18-6-11(12,13)14/h3-4,7H,5-6,15H2,1-2H3. The molecule has 0 atom stereocenters. The van der Waals surface area contributed by atoms with Crippen molar-refractivity contribution in [3.8, 4) is 11.8 Å². The van der Waals surface area contributed by atoms with Crippen LogP contribution in [0.2, 0.25) is 0 Å². The van der Waals surface area contributed by atoms with Crippen LogP contribution in [0.4, 0.5) is 18.9 Å². The fraction of sp³-hybridized carbons (Fsp3) is 0.545. The van der Waals surface area contributed by atoms with E-state index in [1.165, 1.54) is 12.1 Å². The lowest BCUT2D eigenvalue weighted by atomic mass is 10.2. The predicted molar refractivity (Wildman–Crippen MR) is 60.5 cm³/mol. The van der Waals surface area contributed by atoms with Gasteiger partial charge in [0.2, 0.25) is 11.8 Å². The highest BCUT2D eigenvalue weighted by Gasteiger charge is 2.28. The Morgan fingerprint density at radius 3 is 2.50 bits per heavy atom. The van der Waals surface area contributed by atoms with Crippen molar-refractivity contribution in [2.75, 3.05) is 18.9 Å². The summed E-state index contributed by atoms with van der Waals surface area (Å²) in [6, 6.07) is 2.66. The number of hydrogen-bond donors (Lipinski definition) is 1. The van der Waals surface area contributed by atoms with Crippen molar-refractivity contribution in [2.24, 2.45) is 5.92 Å². The van der Waals surface area contributed by atoms with Gasteiger partial charge in [0.1, 0.15) is 0 Å². The molecule has 0 fully saturated rings. The van der Waals surface area contributed by atoms with E-state index in [2.05, 4.69) is 9.72 Å². The van der Waals surface area contributed by atoms with Gasteiger partial charge in [0.25, 0.3) is 0 Å². The molecular formula is C11H15F3N2O2. The van der Waals surface area contributed by atoms with Crippen LogP contribution >= 0.6 is 0 Å². The van der Waals surface area contributed by atoms with Crippen molar-refractivity contribution in [2.45, 2.75) is 20.0 Å². The Kier molecular flexibility index (Phi) is 4.63. The molecule has 102 valence electrons. The third kappa shape index (κ3) is 5.11. The number of nitrogens with two attached hydrogens (primary N) is 1. The van der Waals surface area contributed by atoms with Gasteiger partial charge in [0, 0.05) is 6.07 Å². The van der Waals surface area contributed by atoms with Crippen molar-refractivity contribution in [3.05, 3.63) is 12.1 Å². The van der Waals surface area contributed by atoms with Crippen molar-refractivity contribution < 1.29 is 22.6 Å². The number of halogens is 3. The maximum absolute atomic E-state index is 12.0. The number of aromatic nitrogens is 1. The molecule has 18 heavy (non-hydrogen) atoms. The van der Waals surface area contributed by atoms with Crippen LogP contribution in [0.25, 0.3) is 0 Å².